The third-order valence-electron chi connectivity index (χ3n) is 3.63. The number of nitrogens with zero attached hydrogens (tertiary/aromatic N) is 2. The van der Waals surface area contributed by atoms with Crippen LogP contribution in [-0.2, 0) is 4.79 Å². The van der Waals surface area contributed by atoms with Crippen molar-refractivity contribution in [1.29, 1.82) is 0 Å². The fourth-order valence-corrected chi connectivity index (χ4v) is 2.51. The summed E-state index contributed by atoms with van der Waals surface area (Å²) in [6.45, 7) is 5.12. The van der Waals surface area contributed by atoms with E-state index in [1.165, 1.54) is 24.9 Å². The average Bonchev–Trinajstić information content (AvgIpc) is 2.86. The first-order valence-electron chi connectivity index (χ1n) is 7.50. The maximum absolute atomic E-state index is 10.1. The van der Waals surface area contributed by atoms with Crippen LogP contribution in [0, 0.1) is 5.92 Å². The molecule has 1 saturated heterocycles. The normalized spacial score (nSPS) is 20.0. The number of carboxylic acid groups (broad SMARTS) is 1. The third kappa shape index (κ3) is 6.23. The highest BCUT2D eigenvalue weighted by Crippen LogP contribution is 2.29. The van der Waals surface area contributed by atoms with Gasteiger partial charge in [-0.3, -0.25) is 14.7 Å². The van der Waals surface area contributed by atoms with Gasteiger partial charge in [-0.25, -0.2) is 0 Å². The van der Waals surface area contributed by atoms with Crippen molar-refractivity contribution in [3.8, 4) is 0 Å². The van der Waals surface area contributed by atoms with Crippen molar-refractivity contribution < 1.29 is 9.90 Å². The Morgan fingerprint density at radius 3 is 2.67 bits per heavy atom. The summed E-state index contributed by atoms with van der Waals surface area (Å²) < 4.78 is 0. The van der Waals surface area contributed by atoms with Crippen LogP contribution in [0.15, 0.2) is 24.5 Å². The minimum Gasteiger partial charge on any atom is -0.480 e. The molecule has 2 unspecified atom stereocenters. The second-order valence-corrected chi connectivity index (χ2v) is 6.00. The number of pyridine rings is 1. The smallest absolute Gasteiger partial charge is 0.320 e. The Labute approximate surface area is 127 Å². The van der Waals surface area contributed by atoms with E-state index in [1.54, 1.807) is 0 Å². The lowest BCUT2D eigenvalue weighted by Crippen LogP contribution is -2.31. The van der Waals surface area contributed by atoms with Crippen LogP contribution in [0.2, 0.25) is 0 Å². The zero-order valence-electron chi connectivity index (χ0n) is 13.2. The largest absolute Gasteiger partial charge is 0.480 e. The summed E-state index contributed by atoms with van der Waals surface area (Å²) in [5, 5.41) is 8.31. The van der Waals surface area contributed by atoms with Gasteiger partial charge in [0, 0.05) is 18.4 Å². The summed E-state index contributed by atoms with van der Waals surface area (Å²) in [6, 6.07) is 4.10. The van der Waals surface area contributed by atoms with Gasteiger partial charge in [-0.1, -0.05) is 19.9 Å². The van der Waals surface area contributed by atoms with E-state index in [4.69, 9.17) is 10.8 Å². The number of carboxylic acids is 1. The second-order valence-electron chi connectivity index (χ2n) is 6.00. The fraction of sp³-hybridized carbons (Fsp3) is 0.625. The lowest BCUT2D eigenvalue weighted by Gasteiger charge is -2.18. The SMILES string of the molecule is CC(C)CC(N)C(=O)O.CN1CCCC1c1cccnc1. The van der Waals surface area contributed by atoms with E-state index in [-0.39, 0.29) is 0 Å². The van der Waals surface area contributed by atoms with Crippen LogP contribution >= 0.6 is 0 Å². The van der Waals surface area contributed by atoms with Crippen molar-refractivity contribution in [2.24, 2.45) is 11.7 Å². The Kier molecular flexibility index (Phi) is 7.32. The molecule has 2 heterocycles. The summed E-state index contributed by atoms with van der Waals surface area (Å²) in [4.78, 5) is 16.6. The van der Waals surface area contributed by atoms with Crippen LogP contribution in [0.3, 0.4) is 0 Å². The van der Waals surface area contributed by atoms with Crippen molar-refractivity contribution in [1.82, 2.24) is 9.88 Å². The van der Waals surface area contributed by atoms with Gasteiger partial charge in [0.25, 0.3) is 0 Å². The zero-order valence-corrected chi connectivity index (χ0v) is 13.2. The van der Waals surface area contributed by atoms with Gasteiger partial charge in [0.15, 0.2) is 0 Å². The molecule has 0 aromatic carbocycles. The van der Waals surface area contributed by atoms with Gasteiger partial charge < -0.3 is 10.8 Å². The molecule has 1 fully saturated rings. The van der Waals surface area contributed by atoms with Gasteiger partial charge in [0.05, 0.1) is 0 Å². The minimum atomic E-state index is -0.913. The lowest BCUT2D eigenvalue weighted by atomic mass is 10.1. The lowest BCUT2D eigenvalue weighted by molar-refractivity contribution is -0.138. The van der Waals surface area contributed by atoms with Crippen molar-refractivity contribution in [2.45, 2.75) is 45.2 Å². The van der Waals surface area contributed by atoms with E-state index in [0.29, 0.717) is 18.4 Å². The molecule has 1 aliphatic heterocycles. The molecule has 0 amide bonds. The fourth-order valence-electron chi connectivity index (χ4n) is 2.51. The number of hydrogen-bond donors (Lipinski definition) is 2. The molecule has 2 atom stereocenters. The summed E-state index contributed by atoms with van der Waals surface area (Å²) in [6.07, 6.45) is 6.96. The van der Waals surface area contributed by atoms with Crippen molar-refractivity contribution in [3.05, 3.63) is 30.1 Å². The molecule has 0 bridgehead atoms. The summed E-state index contributed by atoms with van der Waals surface area (Å²) in [7, 11) is 2.19. The van der Waals surface area contributed by atoms with Crippen LogP contribution in [0.25, 0.3) is 0 Å². The third-order valence-corrected chi connectivity index (χ3v) is 3.63. The second kappa shape index (κ2) is 8.74. The predicted octanol–water partition coefficient (Wildman–Crippen LogP) is 2.29. The first-order valence-corrected chi connectivity index (χ1v) is 7.50. The van der Waals surface area contributed by atoms with Crippen LogP contribution in [0.5, 0.6) is 0 Å². The Balaban J connectivity index is 0.000000222. The summed E-state index contributed by atoms with van der Waals surface area (Å²) in [5.74, 6) is -0.556. The van der Waals surface area contributed by atoms with Gasteiger partial charge in [-0.2, -0.15) is 0 Å². The van der Waals surface area contributed by atoms with Crippen LogP contribution in [0.1, 0.15) is 44.7 Å². The molecule has 1 aliphatic rings. The van der Waals surface area contributed by atoms with Crippen molar-refractivity contribution in [2.75, 3.05) is 13.6 Å². The van der Waals surface area contributed by atoms with E-state index in [2.05, 4.69) is 23.0 Å². The van der Waals surface area contributed by atoms with E-state index in [0.717, 1.165) is 0 Å². The maximum atomic E-state index is 10.1. The molecule has 0 saturated carbocycles. The minimum absolute atomic E-state index is 0.357. The van der Waals surface area contributed by atoms with Crippen LogP contribution in [0.4, 0.5) is 0 Å². The quantitative estimate of drug-likeness (QED) is 0.890. The molecule has 0 aliphatic carbocycles. The average molecular weight is 293 g/mol. The zero-order chi connectivity index (χ0) is 15.8. The topological polar surface area (TPSA) is 79.5 Å². The molecular weight excluding hydrogens is 266 g/mol. The van der Waals surface area contributed by atoms with E-state index < -0.39 is 12.0 Å². The number of carbonyl (C=O) groups is 1. The molecule has 3 N–H and O–H groups in total. The number of aliphatic carboxylic acids is 1. The Morgan fingerprint density at radius 2 is 2.29 bits per heavy atom. The summed E-state index contributed by atoms with van der Waals surface area (Å²) >= 11 is 0. The molecule has 5 nitrogen and oxygen atoms in total. The number of nitrogens with two attached hydrogens (primary N) is 1. The number of aromatic nitrogens is 1. The van der Waals surface area contributed by atoms with Gasteiger partial charge in [-0.05, 0) is 50.4 Å². The number of likely N-dealkylation sites (tertiary alicyclic amines) is 1. The Bertz CT molecular complexity index is 423. The highest BCUT2D eigenvalue weighted by Gasteiger charge is 2.21. The monoisotopic (exact) mass is 293 g/mol. The molecule has 1 aromatic heterocycles. The first-order chi connectivity index (χ1) is 9.91. The molecule has 1 aromatic rings. The maximum Gasteiger partial charge on any atom is 0.320 e. The molecule has 2 rings (SSSR count). The van der Waals surface area contributed by atoms with E-state index in [1.807, 2.05) is 32.3 Å². The standard InChI is InChI=1S/C10H14N2.C6H13NO2/c1-12-7-3-5-10(12)9-4-2-6-11-8-9;1-4(2)3-5(7)6(8)9/h2,4,6,8,10H,3,5,7H2,1H3;4-5H,3,7H2,1-2H3,(H,8,9). The Morgan fingerprint density at radius 1 is 1.57 bits per heavy atom. The molecule has 21 heavy (non-hydrogen) atoms. The number of rotatable bonds is 4. The van der Waals surface area contributed by atoms with Gasteiger partial charge >= 0.3 is 5.97 Å². The van der Waals surface area contributed by atoms with Gasteiger partial charge in [-0.15, -0.1) is 0 Å². The van der Waals surface area contributed by atoms with Crippen molar-refractivity contribution in [3.63, 3.8) is 0 Å². The first kappa shape index (κ1) is 17.6. The van der Waals surface area contributed by atoms with E-state index in [9.17, 15) is 4.79 Å². The Hall–Kier alpha value is -1.46. The van der Waals surface area contributed by atoms with Gasteiger partial charge in [0.1, 0.15) is 6.04 Å². The molecule has 0 spiro atoms. The summed E-state index contributed by atoms with van der Waals surface area (Å²) in [5.41, 5.74) is 6.58. The molecule has 5 heteroatoms. The van der Waals surface area contributed by atoms with Crippen LogP contribution in [-0.4, -0.2) is 40.6 Å². The number of hydrogen-bond acceptors (Lipinski definition) is 4. The van der Waals surface area contributed by atoms with E-state index >= 15 is 0 Å². The van der Waals surface area contributed by atoms with Crippen LogP contribution < -0.4 is 5.73 Å². The van der Waals surface area contributed by atoms with Gasteiger partial charge in [0.2, 0.25) is 0 Å². The molecular formula is C16H27N3O2. The molecule has 118 valence electrons. The van der Waals surface area contributed by atoms with Crippen molar-refractivity contribution >= 4 is 5.97 Å². The molecule has 0 radical (unpaired) electrons. The highest BCUT2D eigenvalue weighted by molar-refractivity contribution is 5.72. The predicted molar refractivity (Wildman–Crippen MR) is 83.9 cm³/mol. The highest BCUT2D eigenvalue weighted by atomic mass is 16.4.